The lowest BCUT2D eigenvalue weighted by Crippen LogP contribution is -2.53. The minimum atomic E-state index is -0.656. The quantitative estimate of drug-likeness (QED) is 0.278. The smallest absolute Gasteiger partial charge is 0.261 e. The third-order valence-electron chi connectivity index (χ3n) is 7.12. The third kappa shape index (κ3) is 7.94. The Kier molecular flexibility index (Phi) is 9.99. The Morgan fingerprint density at radius 1 is 0.947 bits per heavy atom. The third-order valence-corrected chi connectivity index (χ3v) is 7.62. The first kappa shape index (κ1) is 27.9. The number of halogens is 1. The Morgan fingerprint density at radius 2 is 1.63 bits per heavy atom. The second-order valence-corrected chi connectivity index (χ2v) is 11.3. The molecule has 5 nitrogen and oxygen atoms in total. The molecule has 1 saturated carbocycles. The maximum absolute atomic E-state index is 13.8. The van der Waals surface area contributed by atoms with Gasteiger partial charge in [-0.3, -0.25) is 9.59 Å². The summed E-state index contributed by atoms with van der Waals surface area (Å²) in [6.45, 7) is 4.45. The molecular weight excluding hydrogens is 540 g/mol. The van der Waals surface area contributed by atoms with E-state index in [0.717, 1.165) is 41.3 Å². The molecule has 0 unspecified atom stereocenters. The van der Waals surface area contributed by atoms with Crippen molar-refractivity contribution in [2.75, 3.05) is 6.61 Å². The molecule has 3 aromatic rings. The van der Waals surface area contributed by atoms with E-state index in [1.54, 1.807) is 4.90 Å². The summed E-state index contributed by atoms with van der Waals surface area (Å²) >= 11 is 3.54. The van der Waals surface area contributed by atoms with Gasteiger partial charge in [0.05, 0.1) is 0 Å². The van der Waals surface area contributed by atoms with Crippen molar-refractivity contribution >= 4 is 27.7 Å². The van der Waals surface area contributed by atoms with E-state index in [2.05, 4.69) is 35.1 Å². The molecule has 1 N–H and O–H groups in total. The number of nitrogens with one attached hydrogen (secondary N) is 1. The number of amides is 2. The van der Waals surface area contributed by atoms with Crippen LogP contribution in [-0.4, -0.2) is 35.4 Å². The van der Waals surface area contributed by atoms with Crippen LogP contribution < -0.4 is 10.1 Å². The first-order valence-electron chi connectivity index (χ1n) is 13.5. The fourth-order valence-electron chi connectivity index (χ4n) is 4.93. The molecule has 3 aromatic carbocycles. The Morgan fingerprint density at radius 3 is 2.29 bits per heavy atom. The summed E-state index contributed by atoms with van der Waals surface area (Å²) in [7, 11) is 0. The molecule has 4 rings (SSSR count). The number of hydrogen-bond donors (Lipinski definition) is 1. The number of nitrogens with zero attached hydrogens (tertiary/aromatic N) is 1. The SMILES string of the molecule is CC(C)c1ccc(OCC(=O)N(Cc2cccc(Br)c2)[C@@H](Cc2ccccc2)C(=O)NC2CCCC2)cc1. The summed E-state index contributed by atoms with van der Waals surface area (Å²) in [5.74, 6) is 0.731. The molecule has 1 aliphatic rings. The van der Waals surface area contributed by atoms with Gasteiger partial charge in [0, 0.05) is 23.5 Å². The van der Waals surface area contributed by atoms with E-state index in [0.29, 0.717) is 24.6 Å². The van der Waals surface area contributed by atoms with Gasteiger partial charge < -0.3 is 15.0 Å². The van der Waals surface area contributed by atoms with Crippen LogP contribution in [0.15, 0.2) is 83.3 Å². The fourth-order valence-corrected chi connectivity index (χ4v) is 5.38. The van der Waals surface area contributed by atoms with Gasteiger partial charge in [-0.1, -0.05) is 97.2 Å². The van der Waals surface area contributed by atoms with E-state index in [1.165, 1.54) is 5.56 Å². The number of rotatable bonds is 11. The Bertz CT molecular complexity index is 1190. The van der Waals surface area contributed by atoms with Crippen molar-refractivity contribution in [2.45, 2.75) is 70.5 Å². The molecule has 1 fully saturated rings. The van der Waals surface area contributed by atoms with Crippen LogP contribution in [0.2, 0.25) is 0 Å². The van der Waals surface area contributed by atoms with E-state index in [1.807, 2.05) is 78.9 Å². The van der Waals surface area contributed by atoms with Crippen LogP contribution in [0.1, 0.15) is 62.1 Å². The minimum absolute atomic E-state index is 0.106. The van der Waals surface area contributed by atoms with Crippen molar-refractivity contribution in [1.29, 1.82) is 0 Å². The minimum Gasteiger partial charge on any atom is -0.484 e. The van der Waals surface area contributed by atoms with Crippen LogP contribution in [-0.2, 0) is 22.6 Å². The van der Waals surface area contributed by atoms with Gasteiger partial charge in [0.1, 0.15) is 11.8 Å². The molecule has 0 radical (unpaired) electrons. The molecule has 0 saturated heterocycles. The topological polar surface area (TPSA) is 58.6 Å². The van der Waals surface area contributed by atoms with Crippen LogP contribution in [0.5, 0.6) is 5.75 Å². The molecule has 200 valence electrons. The highest BCUT2D eigenvalue weighted by atomic mass is 79.9. The summed E-state index contributed by atoms with van der Waals surface area (Å²) < 4.78 is 6.86. The van der Waals surface area contributed by atoms with Crippen LogP contribution in [0.3, 0.4) is 0 Å². The summed E-state index contributed by atoms with van der Waals surface area (Å²) in [4.78, 5) is 29.2. The molecule has 0 aliphatic heterocycles. The summed E-state index contributed by atoms with van der Waals surface area (Å²) in [6.07, 6.45) is 4.65. The number of carbonyl (C=O) groups is 2. The molecular formula is C32H37BrN2O3. The molecule has 1 atom stereocenters. The van der Waals surface area contributed by atoms with Gasteiger partial charge >= 0.3 is 0 Å². The summed E-state index contributed by atoms with van der Waals surface area (Å²) in [5.41, 5.74) is 3.17. The van der Waals surface area contributed by atoms with Crippen molar-refractivity contribution in [3.8, 4) is 5.75 Å². The molecule has 6 heteroatoms. The largest absolute Gasteiger partial charge is 0.484 e. The van der Waals surface area contributed by atoms with Crippen molar-refractivity contribution < 1.29 is 14.3 Å². The van der Waals surface area contributed by atoms with E-state index in [4.69, 9.17) is 4.74 Å². The molecule has 0 bridgehead atoms. The lowest BCUT2D eigenvalue weighted by Gasteiger charge is -2.32. The Balaban J connectivity index is 1.59. The van der Waals surface area contributed by atoms with Crippen molar-refractivity contribution in [3.63, 3.8) is 0 Å². The van der Waals surface area contributed by atoms with Gasteiger partial charge in [-0.25, -0.2) is 0 Å². The standard InChI is InChI=1S/C32H37BrN2O3/c1-23(2)26-15-17-29(18-16-26)38-22-31(36)35(21-25-11-8-12-27(33)19-25)30(20-24-9-4-3-5-10-24)32(37)34-28-13-6-7-14-28/h3-5,8-12,15-19,23,28,30H,6-7,13-14,20-22H2,1-2H3,(H,34,37)/t30-/m0/s1. The predicted molar refractivity (Wildman–Crippen MR) is 155 cm³/mol. The van der Waals surface area contributed by atoms with Crippen LogP contribution in [0.25, 0.3) is 0 Å². The Hall–Kier alpha value is -3.12. The number of hydrogen-bond acceptors (Lipinski definition) is 3. The van der Waals surface area contributed by atoms with Crippen LogP contribution in [0, 0.1) is 0 Å². The van der Waals surface area contributed by atoms with E-state index >= 15 is 0 Å². The van der Waals surface area contributed by atoms with Crippen LogP contribution in [0.4, 0.5) is 0 Å². The van der Waals surface area contributed by atoms with Gasteiger partial charge in [0.15, 0.2) is 6.61 Å². The zero-order valence-corrected chi connectivity index (χ0v) is 23.8. The monoisotopic (exact) mass is 576 g/mol. The number of benzene rings is 3. The number of ether oxygens (including phenoxy) is 1. The van der Waals surface area contributed by atoms with E-state index in [-0.39, 0.29) is 24.5 Å². The molecule has 1 aliphatic carbocycles. The van der Waals surface area contributed by atoms with Crippen molar-refractivity contribution in [1.82, 2.24) is 10.2 Å². The first-order valence-corrected chi connectivity index (χ1v) is 14.3. The van der Waals surface area contributed by atoms with Gasteiger partial charge in [-0.05, 0) is 59.7 Å². The molecule has 0 aromatic heterocycles. The van der Waals surface area contributed by atoms with E-state index < -0.39 is 6.04 Å². The molecule has 2 amide bonds. The summed E-state index contributed by atoms with van der Waals surface area (Å²) in [6, 6.07) is 25.1. The first-order chi connectivity index (χ1) is 18.4. The van der Waals surface area contributed by atoms with Crippen molar-refractivity contribution in [3.05, 3.63) is 100 Å². The average molecular weight is 578 g/mol. The number of carbonyl (C=O) groups excluding carboxylic acids is 2. The maximum atomic E-state index is 13.8. The highest BCUT2D eigenvalue weighted by molar-refractivity contribution is 9.10. The zero-order valence-electron chi connectivity index (χ0n) is 22.2. The normalized spacial score (nSPS) is 14.3. The lowest BCUT2D eigenvalue weighted by atomic mass is 10.0. The average Bonchev–Trinajstić information content (AvgIpc) is 3.43. The highest BCUT2D eigenvalue weighted by Crippen LogP contribution is 2.22. The highest BCUT2D eigenvalue weighted by Gasteiger charge is 2.32. The molecule has 0 spiro atoms. The van der Waals surface area contributed by atoms with Gasteiger partial charge in [-0.2, -0.15) is 0 Å². The van der Waals surface area contributed by atoms with Gasteiger partial charge in [-0.15, -0.1) is 0 Å². The molecule has 38 heavy (non-hydrogen) atoms. The van der Waals surface area contributed by atoms with E-state index in [9.17, 15) is 9.59 Å². The zero-order chi connectivity index (χ0) is 26.9. The lowest BCUT2D eigenvalue weighted by molar-refractivity contribution is -0.143. The van der Waals surface area contributed by atoms with Gasteiger partial charge in [0.25, 0.3) is 5.91 Å². The summed E-state index contributed by atoms with van der Waals surface area (Å²) in [5, 5.41) is 3.24. The van der Waals surface area contributed by atoms with Gasteiger partial charge in [0.2, 0.25) is 5.91 Å². The maximum Gasteiger partial charge on any atom is 0.261 e. The second-order valence-electron chi connectivity index (χ2n) is 10.4. The van der Waals surface area contributed by atoms with Crippen molar-refractivity contribution in [2.24, 2.45) is 0 Å². The second kappa shape index (κ2) is 13.6. The Labute approximate surface area is 234 Å². The molecule has 0 heterocycles. The predicted octanol–water partition coefficient (Wildman–Crippen LogP) is 6.65. The fraction of sp³-hybridized carbons (Fsp3) is 0.375. The van der Waals surface area contributed by atoms with Crippen LogP contribution >= 0.6 is 15.9 Å².